The van der Waals surface area contributed by atoms with Gasteiger partial charge < -0.3 is 20.4 Å². The topological polar surface area (TPSA) is 80.9 Å². The Morgan fingerprint density at radius 2 is 1.00 bits per heavy atom. The minimum atomic E-state index is -2.67. The number of rotatable bonds is 4. The minimum absolute atomic E-state index is 1.00. The van der Waals surface area contributed by atoms with Gasteiger partial charge in [-0.1, -0.05) is 46.4 Å². The van der Waals surface area contributed by atoms with E-state index in [0.29, 0.717) is 0 Å². The summed E-state index contributed by atoms with van der Waals surface area (Å²) in [5, 5.41) is 36.0. The summed E-state index contributed by atoms with van der Waals surface area (Å²) in [7, 11) is 0. The Balaban J connectivity index is 5.17. The van der Waals surface area contributed by atoms with Crippen LogP contribution in [-0.2, 0) is 0 Å². The van der Waals surface area contributed by atoms with Crippen LogP contribution in [0.2, 0.25) is 0 Å². The van der Waals surface area contributed by atoms with Gasteiger partial charge in [-0.05, 0) is 0 Å². The van der Waals surface area contributed by atoms with Gasteiger partial charge in [-0.3, -0.25) is 0 Å². The lowest BCUT2D eigenvalue weighted by Crippen LogP contribution is -2.57. The van der Waals surface area contributed by atoms with Crippen molar-refractivity contribution in [3.63, 3.8) is 0 Å². The highest BCUT2D eigenvalue weighted by molar-refractivity contribution is 6.52. The lowest BCUT2D eigenvalue weighted by atomic mass is 9.91. The van der Waals surface area contributed by atoms with E-state index in [1.165, 1.54) is 0 Å². The molecule has 0 radical (unpaired) electrons. The van der Waals surface area contributed by atoms with Gasteiger partial charge in [0.15, 0.2) is 0 Å². The zero-order chi connectivity index (χ0) is 10.9. The average molecular weight is 274 g/mol. The van der Waals surface area contributed by atoms with E-state index in [9.17, 15) is 0 Å². The maximum absolute atomic E-state index is 9.15. The molecule has 4 nitrogen and oxygen atoms in total. The van der Waals surface area contributed by atoms with Crippen molar-refractivity contribution in [3.8, 4) is 0 Å². The van der Waals surface area contributed by atoms with Crippen molar-refractivity contribution in [2.75, 3.05) is 13.2 Å². The molecule has 0 aromatic carbocycles. The summed E-state index contributed by atoms with van der Waals surface area (Å²) in [4.78, 5) is 0. The Kier molecular flexibility index (Phi) is 4.57. The van der Waals surface area contributed by atoms with Crippen molar-refractivity contribution in [2.45, 2.75) is 9.04 Å². The molecule has 0 aliphatic rings. The van der Waals surface area contributed by atoms with Gasteiger partial charge in [0.2, 0.25) is 9.04 Å². The van der Waals surface area contributed by atoms with Crippen molar-refractivity contribution >= 4 is 46.4 Å². The molecule has 0 aliphatic heterocycles. The van der Waals surface area contributed by atoms with Gasteiger partial charge in [-0.15, -0.1) is 0 Å². The number of aliphatic hydroxyl groups excluding tert-OH is 2. The molecule has 0 aromatic heterocycles. The van der Waals surface area contributed by atoms with Crippen LogP contribution < -0.4 is 0 Å². The quantitative estimate of drug-likeness (QED) is 0.552. The van der Waals surface area contributed by atoms with Crippen LogP contribution in [0.4, 0.5) is 0 Å². The van der Waals surface area contributed by atoms with Gasteiger partial charge in [-0.25, -0.2) is 0 Å². The average Bonchev–Trinajstić information content (AvgIpc) is 1.84. The largest absolute Gasteiger partial charge is 0.395 e. The monoisotopic (exact) mass is 272 g/mol. The van der Waals surface area contributed by atoms with Gasteiger partial charge in [0.25, 0.3) is 0 Å². The van der Waals surface area contributed by atoms with Crippen LogP contribution >= 0.6 is 46.4 Å². The van der Waals surface area contributed by atoms with Gasteiger partial charge in [0.1, 0.15) is 5.41 Å². The van der Waals surface area contributed by atoms with E-state index in [1.807, 2.05) is 0 Å². The number of aliphatic hydroxyl groups is 4. The van der Waals surface area contributed by atoms with E-state index in [-0.39, 0.29) is 0 Å². The Labute approximate surface area is 94.6 Å². The number of alkyl halides is 4. The van der Waals surface area contributed by atoms with Gasteiger partial charge >= 0.3 is 0 Å². The normalized spacial score (nSPS) is 14.8. The Bertz CT molecular complexity index is 152. The van der Waals surface area contributed by atoms with Crippen LogP contribution in [0.25, 0.3) is 0 Å². The molecule has 0 atom stereocenters. The number of hydrogen-bond acceptors (Lipinski definition) is 4. The molecule has 4 N–H and O–H groups in total. The molecule has 0 bridgehead atoms. The summed E-state index contributed by atoms with van der Waals surface area (Å²) in [6.07, 6.45) is 0. The minimum Gasteiger partial charge on any atom is -0.395 e. The SMILES string of the molecule is OCC(CO)(C(O)(Cl)Cl)C(O)(Cl)Cl. The highest BCUT2D eigenvalue weighted by Gasteiger charge is 2.61. The first-order chi connectivity index (χ1) is 5.62. The third-order valence-electron chi connectivity index (χ3n) is 1.69. The molecule has 0 spiro atoms. The third-order valence-corrected chi connectivity index (χ3v) is 3.14. The highest BCUT2D eigenvalue weighted by Crippen LogP contribution is 2.50. The molecule has 0 amide bonds. The second kappa shape index (κ2) is 4.24. The van der Waals surface area contributed by atoms with E-state index in [1.54, 1.807) is 0 Å². The van der Waals surface area contributed by atoms with E-state index in [0.717, 1.165) is 0 Å². The highest BCUT2D eigenvalue weighted by atomic mass is 35.5. The first-order valence-corrected chi connectivity index (χ1v) is 4.55. The standard InChI is InChI=1S/C5H8Cl4O4/c6-4(7,12)3(1-10,2-11)5(8,9)13/h10-13H,1-2H2. The maximum Gasteiger partial charge on any atom is 0.230 e. The predicted octanol–water partition coefficient (Wildman–Crippen LogP) is 0.205. The van der Waals surface area contributed by atoms with Crippen LogP contribution in [0, 0.1) is 5.41 Å². The molecule has 0 aliphatic carbocycles. The summed E-state index contributed by atoms with van der Waals surface area (Å²) in [5.74, 6) is 0. The lowest BCUT2D eigenvalue weighted by Gasteiger charge is -2.41. The van der Waals surface area contributed by atoms with Gasteiger partial charge in [0.05, 0.1) is 13.2 Å². The molecule has 0 rings (SSSR count). The molecule has 8 heteroatoms. The Hall–Kier alpha value is 1.00. The fourth-order valence-electron chi connectivity index (χ4n) is 0.611. The van der Waals surface area contributed by atoms with E-state index < -0.39 is 27.7 Å². The number of hydrogen-bond donors (Lipinski definition) is 4. The zero-order valence-electron chi connectivity index (χ0n) is 6.21. The van der Waals surface area contributed by atoms with Gasteiger partial charge in [0, 0.05) is 0 Å². The number of halogens is 4. The molecule has 0 saturated carbocycles. The van der Waals surface area contributed by atoms with Gasteiger partial charge in [-0.2, -0.15) is 0 Å². The Morgan fingerprint density at radius 3 is 1.00 bits per heavy atom. The molecule has 80 valence electrons. The maximum atomic E-state index is 9.15. The van der Waals surface area contributed by atoms with Crippen LogP contribution in [0.5, 0.6) is 0 Å². The van der Waals surface area contributed by atoms with Crippen molar-refractivity contribution in [2.24, 2.45) is 5.41 Å². The molecule has 0 aromatic rings. The summed E-state index contributed by atoms with van der Waals surface area (Å²) >= 11 is 20.9. The summed E-state index contributed by atoms with van der Waals surface area (Å²) < 4.78 is -5.34. The smallest absolute Gasteiger partial charge is 0.230 e. The van der Waals surface area contributed by atoms with Crippen LogP contribution in [0.1, 0.15) is 0 Å². The lowest BCUT2D eigenvalue weighted by molar-refractivity contribution is -0.101. The zero-order valence-corrected chi connectivity index (χ0v) is 9.24. The second-order valence-corrected chi connectivity index (χ2v) is 5.06. The third kappa shape index (κ3) is 2.52. The van der Waals surface area contributed by atoms with E-state index in [4.69, 9.17) is 66.8 Å². The van der Waals surface area contributed by atoms with Crippen molar-refractivity contribution in [1.29, 1.82) is 0 Å². The predicted molar refractivity (Wildman–Crippen MR) is 49.9 cm³/mol. The molecular formula is C5H8Cl4O4. The molecule has 0 saturated heterocycles. The first kappa shape index (κ1) is 14.0. The molecular weight excluding hydrogens is 266 g/mol. The summed E-state index contributed by atoms with van der Waals surface area (Å²) in [6.45, 7) is -2.01. The Morgan fingerprint density at radius 1 is 0.769 bits per heavy atom. The van der Waals surface area contributed by atoms with Crippen LogP contribution in [-0.4, -0.2) is 42.7 Å². The van der Waals surface area contributed by atoms with Crippen LogP contribution in [0.3, 0.4) is 0 Å². The summed E-state index contributed by atoms with van der Waals surface area (Å²) in [6, 6.07) is 0. The second-order valence-electron chi connectivity index (χ2n) is 2.48. The van der Waals surface area contributed by atoms with Crippen LogP contribution in [0.15, 0.2) is 0 Å². The summed E-state index contributed by atoms with van der Waals surface area (Å²) in [5.41, 5.74) is -2.26. The van der Waals surface area contributed by atoms with Crippen molar-refractivity contribution in [3.05, 3.63) is 0 Å². The molecule has 13 heavy (non-hydrogen) atoms. The molecule has 0 heterocycles. The fraction of sp³-hybridized carbons (Fsp3) is 1.00. The van der Waals surface area contributed by atoms with E-state index in [2.05, 4.69) is 0 Å². The molecule has 0 unspecified atom stereocenters. The van der Waals surface area contributed by atoms with Crippen molar-refractivity contribution < 1.29 is 20.4 Å². The van der Waals surface area contributed by atoms with E-state index >= 15 is 0 Å². The molecule has 0 fully saturated rings. The van der Waals surface area contributed by atoms with Crippen molar-refractivity contribution in [1.82, 2.24) is 0 Å². The first-order valence-electron chi connectivity index (χ1n) is 3.04. The fourth-order valence-corrected chi connectivity index (χ4v) is 1.83.